The summed E-state index contributed by atoms with van der Waals surface area (Å²) >= 11 is 6.06. The Morgan fingerprint density at radius 1 is 1.33 bits per heavy atom. The molecule has 0 radical (unpaired) electrons. The monoisotopic (exact) mass is 306 g/mol. The number of hydrogen-bond donors (Lipinski definition) is 3. The molecular formula is C15H15ClN2O3. The van der Waals surface area contributed by atoms with E-state index >= 15 is 0 Å². The average Bonchev–Trinajstić information content (AvgIpc) is 2.46. The quantitative estimate of drug-likeness (QED) is 0.793. The number of carbonyl (C=O) groups is 1. The molecule has 0 fully saturated rings. The SMILES string of the molecule is COc1ccc(CNc2cc(C(N)=O)ccc2Cl)cc1O. The van der Waals surface area contributed by atoms with Gasteiger partial charge in [0.25, 0.3) is 0 Å². The largest absolute Gasteiger partial charge is 0.504 e. The Labute approximate surface area is 127 Å². The standard InChI is InChI=1S/C15H15ClN2O3/c1-21-14-5-2-9(6-13(14)19)8-18-12-7-10(15(17)20)3-4-11(12)16/h2-7,18-19H,8H2,1H3,(H2,17,20). The third kappa shape index (κ3) is 3.58. The Kier molecular flexibility index (Phi) is 4.55. The van der Waals surface area contributed by atoms with Gasteiger partial charge in [-0.1, -0.05) is 17.7 Å². The van der Waals surface area contributed by atoms with E-state index in [0.29, 0.717) is 28.6 Å². The van der Waals surface area contributed by atoms with Gasteiger partial charge in [0, 0.05) is 12.1 Å². The summed E-state index contributed by atoms with van der Waals surface area (Å²) in [4.78, 5) is 11.2. The summed E-state index contributed by atoms with van der Waals surface area (Å²) in [6, 6.07) is 9.85. The number of aromatic hydroxyl groups is 1. The summed E-state index contributed by atoms with van der Waals surface area (Å²) in [5.74, 6) is -0.0434. The molecule has 2 aromatic carbocycles. The molecule has 4 N–H and O–H groups in total. The molecule has 0 saturated carbocycles. The second-order valence-corrected chi connectivity index (χ2v) is 4.83. The van der Waals surface area contributed by atoms with Crippen LogP contribution < -0.4 is 15.8 Å². The lowest BCUT2D eigenvalue weighted by molar-refractivity contribution is 0.100. The van der Waals surface area contributed by atoms with Crippen LogP contribution in [0.25, 0.3) is 0 Å². The molecule has 21 heavy (non-hydrogen) atoms. The highest BCUT2D eigenvalue weighted by Crippen LogP contribution is 2.28. The number of halogens is 1. The molecule has 0 heterocycles. The molecule has 0 saturated heterocycles. The summed E-state index contributed by atoms with van der Waals surface area (Å²) in [7, 11) is 1.49. The molecule has 110 valence electrons. The summed E-state index contributed by atoms with van der Waals surface area (Å²) in [5, 5.41) is 13.3. The van der Waals surface area contributed by atoms with Gasteiger partial charge in [-0.3, -0.25) is 4.79 Å². The minimum absolute atomic E-state index is 0.0637. The van der Waals surface area contributed by atoms with Gasteiger partial charge in [0.15, 0.2) is 11.5 Å². The normalized spacial score (nSPS) is 10.2. The minimum Gasteiger partial charge on any atom is -0.504 e. The van der Waals surface area contributed by atoms with Crippen molar-refractivity contribution < 1.29 is 14.6 Å². The molecule has 5 nitrogen and oxygen atoms in total. The van der Waals surface area contributed by atoms with Crippen LogP contribution >= 0.6 is 11.6 Å². The van der Waals surface area contributed by atoms with Crippen LogP contribution in [0.2, 0.25) is 5.02 Å². The maximum atomic E-state index is 11.2. The first-order chi connectivity index (χ1) is 10.0. The Bertz CT molecular complexity index is 674. The van der Waals surface area contributed by atoms with Gasteiger partial charge in [-0.05, 0) is 35.9 Å². The molecule has 0 bridgehead atoms. The Balaban J connectivity index is 2.14. The van der Waals surface area contributed by atoms with Gasteiger partial charge >= 0.3 is 0 Å². The first-order valence-electron chi connectivity index (χ1n) is 6.20. The molecule has 0 aromatic heterocycles. The van der Waals surface area contributed by atoms with Gasteiger partial charge in [-0.2, -0.15) is 0 Å². The lowest BCUT2D eigenvalue weighted by Gasteiger charge is -2.11. The van der Waals surface area contributed by atoms with Crippen LogP contribution in [-0.4, -0.2) is 18.1 Å². The molecule has 0 aliphatic rings. The van der Waals surface area contributed by atoms with E-state index in [1.54, 1.807) is 30.3 Å². The van der Waals surface area contributed by atoms with Crippen molar-refractivity contribution in [2.75, 3.05) is 12.4 Å². The molecule has 0 spiro atoms. The van der Waals surface area contributed by atoms with Crippen molar-refractivity contribution in [3.05, 3.63) is 52.5 Å². The molecule has 6 heteroatoms. The van der Waals surface area contributed by atoms with Crippen LogP contribution in [0.5, 0.6) is 11.5 Å². The topological polar surface area (TPSA) is 84.6 Å². The van der Waals surface area contributed by atoms with Crippen molar-refractivity contribution in [2.24, 2.45) is 5.73 Å². The molecule has 0 atom stereocenters. The van der Waals surface area contributed by atoms with E-state index in [1.807, 2.05) is 6.07 Å². The average molecular weight is 307 g/mol. The number of hydrogen-bond acceptors (Lipinski definition) is 4. The number of ether oxygens (including phenoxy) is 1. The highest BCUT2D eigenvalue weighted by Gasteiger charge is 2.07. The third-order valence-electron chi connectivity index (χ3n) is 2.98. The fourth-order valence-electron chi connectivity index (χ4n) is 1.86. The Morgan fingerprint density at radius 2 is 2.10 bits per heavy atom. The zero-order valence-corrected chi connectivity index (χ0v) is 12.1. The molecule has 0 aliphatic heterocycles. The van der Waals surface area contributed by atoms with Gasteiger partial charge in [0.05, 0.1) is 17.8 Å². The van der Waals surface area contributed by atoms with Gasteiger partial charge in [0.2, 0.25) is 5.91 Å². The van der Waals surface area contributed by atoms with Crippen LogP contribution in [0.4, 0.5) is 5.69 Å². The summed E-state index contributed by atoms with van der Waals surface area (Å²) < 4.78 is 4.98. The second-order valence-electron chi connectivity index (χ2n) is 4.42. The number of phenolic OH excluding ortho intramolecular Hbond substituents is 1. The number of benzene rings is 2. The fraction of sp³-hybridized carbons (Fsp3) is 0.133. The van der Waals surface area contributed by atoms with Crippen LogP contribution in [0.1, 0.15) is 15.9 Å². The van der Waals surface area contributed by atoms with Crippen molar-refractivity contribution >= 4 is 23.2 Å². The van der Waals surface area contributed by atoms with Crippen molar-refractivity contribution in [3.63, 3.8) is 0 Å². The number of amides is 1. The van der Waals surface area contributed by atoms with Gasteiger partial charge in [-0.25, -0.2) is 0 Å². The number of nitrogens with two attached hydrogens (primary N) is 1. The predicted molar refractivity (Wildman–Crippen MR) is 82.0 cm³/mol. The van der Waals surface area contributed by atoms with Crippen LogP contribution in [-0.2, 0) is 6.54 Å². The van der Waals surface area contributed by atoms with E-state index in [4.69, 9.17) is 22.1 Å². The fourth-order valence-corrected chi connectivity index (χ4v) is 2.04. The first-order valence-corrected chi connectivity index (χ1v) is 6.58. The maximum absolute atomic E-state index is 11.2. The van der Waals surface area contributed by atoms with E-state index < -0.39 is 5.91 Å². The summed E-state index contributed by atoms with van der Waals surface area (Å²) in [6.07, 6.45) is 0. The van der Waals surface area contributed by atoms with Crippen LogP contribution in [0, 0.1) is 0 Å². The highest BCUT2D eigenvalue weighted by atomic mass is 35.5. The van der Waals surface area contributed by atoms with Gasteiger partial charge < -0.3 is 20.9 Å². The van der Waals surface area contributed by atoms with Crippen molar-refractivity contribution in [2.45, 2.75) is 6.54 Å². The Hall–Kier alpha value is -2.40. The first kappa shape index (κ1) is 15.0. The van der Waals surface area contributed by atoms with Crippen molar-refractivity contribution in [1.29, 1.82) is 0 Å². The smallest absolute Gasteiger partial charge is 0.248 e. The minimum atomic E-state index is -0.517. The summed E-state index contributed by atoms with van der Waals surface area (Å²) in [5.41, 5.74) is 7.05. The Morgan fingerprint density at radius 3 is 2.71 bits per heavy atom. The number of methoxy groups -OCH3 is 1. The third-order valence-corrected chi connectivity index (χ3v) is 3.31. The van der Waals surface area contributed by atoms with E-state index in [1.165, 1.54) is 7.11 Å². The highest BCUT2D eigenvalue weighted by molar-refractivity contribution is 6.33. The number of primary amides is 1. The van der Waals surface area contributed by atoms with Crippen molar-refractivity contribution in [3.8, 4) is 11.5 Å². The zero-order chi connectivity index (χ0) is 15.4. The number of anilines is 1. The molecule has 1 amide bonds. The van der Waals surface area contributed by atoms with Crippen LogP contribution in [0.3, 0.4) is 0 Å². The number of carbonyl (C=O) groups excluding carboxylic acids is 1. The number of phenols is 1. The van der Waals surface area contributed by atoms with Gasteiger partial charge in [0.1, 0.15) is 0 Å². The van der Waals surface area contributed by atoms with E-state index in [-0.39, 0.29) is 5.75 Å². The zero-order valence-electron chi connectivity index (χ0n) is 11.4. The molecule has 2 rings (SSSR count). The lowest BCUT2D eigenvalue weighted by atomic mass is 10.1. The lowest BCUT2D eigenvalue weighted by Crippen LogP contribution is -2.11. The van der Waals surface area contributed by atoms with E-state index in [2.05, 4.69) is 5.32 Å². The van der Waals surface area contributed by atoms with Crippen LogP contribution in [0.15, 0.2) is 36.4 Å². The maximum Gasteiger partial charge on any atom is 0.248 e. The molecule has 0 aliphatic carbocycles. The van der Waals surface area contributed by atoms with Gasteiger partial charge in [-0.15, -0.1) is 0 Å². The van der Waals surface area contributed by atoms with E-state index in [9.17, 15) is 9.90 Å². The number of rotatable bonds is 5. The summed E-state index contributed by atoms with van der Waals surface area (Å²) in [6.45, 7) is 0.430. The van der Waals surface area contributed by atoms with E-state index in [0.717, 1.165) is 5.56 Å². The van der Waals surface area contributed by atoms with Crippen molar-refractivity contribution in [1.82, 2.24) is 0 Å². The molecule has 2 aromatic rings. The predicted octanol–water partition coefficient (Wildman–Crippen LogP) is 2.77. The number of nitrogens with one attached hydrogen (secondary N) is 1. The second kappa shape index (κ2) is 6.37. The molecule has 0 unspecified atom stereocenters. The molecular weight excluding hydrogens is 292 g/mol.